The number of nitriles is 1. The molecule has 1 unspecified atom stereocenters. The van der Waals surface area contributed by atoms with Crippen LogP contribution in [-0.4, -0.2) is 19.1 Å². The minimum absolute atomic E-state index is 0.0915. The van der Waals surface area contributed by atoms with Crippen molar-refractivity contribution in [2.24, 2.45) is 0 Å². The third-order valence-electron chi connectivity index (χ3n) is 2.75. The van der Waals surface area contributed by atoms with Gasteiger partial charge in [0, 0.05) is 18.3 Å². The summed E-state index contributed by atoms with van der Waals surface area (Å²) < 4.78 is 13.1. The third-order valence-corrected chi connectivity index (χ3v) is 2.75. The summed E-state index contributed by atoms with van der Waals surface area (Å²) in [5.41, 5.74) is 0.903. The molecule has 2 N–H and O–H groups in total. The SMILES string of the molecule is N#Cc1cc(NC2CCCNC2)ccc1F. The molecule has 1 aromatic carbocycles. The van der Waals surface area contributed by atoms with E-state index >= 15 is 0 Å². The lowest BCUT2D eigenvalue weighted by Crippen LogP contribution is -2.38. The van der Waals surface area contributed by atoms with E-state index in [1.807, 2.05) is 6.07 Å². The van der Waals surface area contributed by atoms with Crippen LogP contribution in [0.15, 0.2) is 18.2 Å². The molecule has 16 heavy (non-hydrogen) atoms. The van der Waals surface area contributed by atoms with Gasteiger partial charge in [0.25, 0.3) is 0 Å². The van der Waals surface area contributed by atoms with Gasteiger partial charge in [-0.15, -0.1) is 0 Å². The molecule has 0 amide bonds. The average Bonchev–Trinajstić information content (AvgIpc) is 2.33. The minimum Gasteiger partial charge on any atom is -0.381 e. The van der Waals surface area contributed by atoms with Gasteiger partial charge in [0.2, 0.25) is 0 Å². The Balaban J connectivity index is 2.06. The van der Waals surface area contributed by atoms with Crippen LogP contribution in [0.4, 0.5) is 10.1 Å². The zero-order valence-electron chi connectivity index (χ0n) is 8.96. The van der Waals surface area contributed by atoms with Crippen molar-refractivity contribution in [3.8, 4) is 6.07 Å². The zero-order valence-corrected chi connectivity index (χ0v) is 8.96. The molecular weight excluding hydrogens is 205 g/mol. The molecule has 0 aliphatic carbocycles. The maximum absolute atomic E-state index is 13.1. The Morgan fingerprint density at radius 1 is 1.50 bits per heavy atom. The summed E-state index contributed by atoms with van der Waals surface area (Å²) in [5, 5.41) is 15.3. The number of nitrogens with one attached hydrogen (secondary N) is 2. The van der Waals surface area contributed by atoms with Crippen LogP contribution in [0.5, 0.6) is 0 Å². The summed E-state index contributed by atoms with van der Waals surface area (Å²) in [5.74, 6) is -0.463. The van der Waals surface area contributed by atoms with E-state index < -0.39 is 5.82 Å². The summed E-state index contributed by atoms with van der Waals surface area (Å²) in [6.07, 6.45) is 2.25. The highest BCUT2D eigenvalue weighted by molar-refractivity contribution is 5.50. The van der Waals surface area contributed by atoms with Gasteiger partial charge in [-0.3, -0.25) is 0 Å². The second-order valence-corrected chi connectivity index (χ2v) is 3.99. The normalized spacial score (nSPS) is 20.1. The van der Waals surface area contributed by atoms with Crippen molar-refractivity contribution in [1.82, 2.24) is 5.32 Å². The van der Waals surface area contributed by atoms with Crippen molar-refractivity contribution < 1.29 is 4.39 Å². The zero-order chi connectivity index (χ0) is 11.4. The van der Waals surface area contributed by atoms with Crippen molar-refractivity contribution in [2.75, 3.05) is 18.4 Å². The summed E-state index contributed by atoms with van der Waals surface area (Å²) >= 11 is 0. The summed E-state index contributed by atoms with van der Waals surface area (Å²) in [7, 11) is 0. The fraction of sp³-hybridized carbons (Fsp3) is 0.417. The largest absolute Gasteiger partial charge is 0.381 e. The predicted molar refractivity (Wildman–Crippen MR) is 60.6 cm³/mol. The predicted octanol–water partition coefficient (Wildman–Crippen LogP) is 1.86. The van der Waals surface area contributed by atoms with Crippen LogP contribution < -0.4 is 10.6 Å². The van der Waals surface area contributed by atoms with E-state index in [-0.39, 0.29) is 5.56 Å². The topological polar surface area (TPSA) is 47.9 Å². The van der Waals surface area contributed by atoms with Crippen molar-refractivity contribution in [1.29, 1.82) is 5.26 Å². The molecule has 1 aromatic rings. The van der Waals surface area contributed by atoms with E-state index in [9.17, 15) is 4.39 Å². The average molecular weight is 219 g/mol. The van der Waals surface area contributed by atoms with E-state index in [0.29, 0.717) is 6.04 Å². The lowest BCUT2D eigenvalue weighted by molar-refractivity contribution is 0.480. The van der Waals surface area contributed by atoms with E-state index in [1.165, 1.54) is 6.07 Å². The van der Waals surface area contributed by atoms with Gasteiger partial charge in [0.15, 0.2) is 0 Å². The number of hydrogen-bond acceptors (Lipinski definition) is 3. The van der Waals surface area contributed by atoms with Gasteiger partial charge in [-0.05, 0) is 37.6 Å². The third kappa shape index (κ3) is 2.50. The number of hydrogen-bond donors (Lipinski definition) is 2. The molecule has 1 saturated heterocycles. The van der Waals surface area contributed by atoms with Crippen LogP contribution in [0.2, 0.25) is 0 Å². The fourth-order valence-corrected chi connectivity index (χ4v) is 1.91. The monoisotopic (exact) mass is 219 g/mol. The molecule has 0 spiro atoms. The van der Waals surface area contributed by atoms with Crippen LogP contribution in [0, 0.1) is 17.1 Å². The van der Waals surface area contributed by atoms with Crippen LogP contribution in [0.1, 0.15) is 18.4 Å². The number of benzene rings is 1. The lowest BCUT2D eigenvalue weighted by Gasteiger charge is -2.24. The van der Waals surface area contributed by atoms with E-state index in [0.717, 1.165) is 31.6 Å². The van der Waals surface area contributed by atoms with Gasteiger partial charge in [0.1, 0.15) is 11.9 Å². The van der Waals surface area contributed by atoms with Crippen molar-refractivity contribution >= 4 is 5.69 Å². The van der Waals surface area contributed by atoms with Gasteiger partial charge in [-0.25, -0.2) is 4.39 Å². The fourth-order valence-electron chi connectivity index (χ4n) is 1.91. The molecule has 0 saturated carbocycles. The highest BCUT2D eigenvalue weighted by atomic mass is 19.1. The maximum Gasteiger partial charge on any atom is 0.141 e. The Morgan fingerprint density at radius 2 is 2.38 bits per heavy atom. The first-order valence-corrected chi connectivity index (χ1v) is 5.46. The Bertz CT molecular complexity index is 405. The Hall–Kier alpha value is -1.60. The highest BCUT2D eigenvalue weighted by Gasteiger charge is 2.12. The van der Waals surface area contributed by atoms with Gasteiger partial charge >= 0.3 is 0 Å². The van der Waals surface area contributed by atoms with Crippen molar-refractivity contribution in [2.45, 2.75) is 18.9 Å². The van der Waals surface area contributed by atoms with Gasteiger partial charge in [-0.1, -0.05) is 0 Å². The quantitative estimate of drug-likeness (QED) is 0.798. The van der Waals surface area contributed by atoms with E-state index in [4.69, 9.17) is 5.26 Å². The number of anilines is 1. The minimum atomic E-state index is -0.463. The van der Waals surface area contributed by atoms with Crippen molar-refractivity contribution in [3.05, 3.63) is 29.6 Å². The molecular formula is C12H14FN3. The number of piperidine rings is 1. The first-order chi connectivity index (χ1) is 7.79. The molecule has 84 valence electrons. The van der Waals surface area contributed by atoms with E-state index in [2.05, 4.69) is 10.6 Å². The molecule has 1 aliphatic rings. The second kappa shape index (κ2) is 4.95. The molecule has 3 nitrogen and oxygen atoms in total. The number of rotatable bonds is 2. The molecule has 1 aliphatic heterocycles. The second-order valence-electron chi connectivity index (χ2n) is 3.99. The van der Waals surface area contributed by atoms with Crippen LogP contribution >= 0.6 is 0 Å². The van der Waals surface area contributed by atoms with Gasteiger partial charge < -0.3 is 10.6 Å². The summed E-state index contributed by atoms with van der Waals surface area (Å²) in [6, 6.07) is 6.77. The molecule has 0 bridgehead atoms. The van der Waals surface area contributed by atoms with Crippen LogP contribution in [-0.2, 0) is 0 Å². The highest BCUT2D eigenvalue weighted by Crippen LogP contribution is 2.16. The standard InChI is InChI=1S/C12H14FN3/c13-12-4-3-10(6-9(12)7-14)16-11-2-1-5-15-8-11/h3-4,6,11,15-16H,1-2,5,8H2. The van der Waals surface area contributed by atoms with Gasteiger partial charge in [-0.2, -0.15) is 5.26 Å². The van der Waals surface area contributed by atoms with Crippen LogP contribution in [0.3, 0.4) is 0 Å². The summed E-state index contributed by atoms with van der Waals surface area (Å²) in [4.78, 5) is 0. The van der Waals surface area contributed by atoms with Crippen LogP contribution in [0.25, 0.3) is 0 Å². The molecule has 4 heteroatoms. The molecule has 1 fully saturated rings. The smallest absolute Gasteiger partial charge is 0.141 e. The Labute approximate surface area is 94.3 Å². The first kappa shape index (κ1) is 10.9. The molecule has 2 rings (SSSR count). The number of halogens is 1. The lowest BCUT2D eigenvalue weighted by atomic mass is 10.1. The number of nitrogens with zero attached hydrogens (tertiary/aromatic N) is 1. The Morgan fingerprint density at radius 3 is 3.06 bits per heavy atom. The van der Waals surface area contributed by atoms with Gasteiger partial charge in [0.05, 0.1) is 5.56 Å². The first-order valence-electron chi connectivity index (χ1n) is 5.46. The molecule has 0 aromatic heterocycles. The molecule has 1 heterocycles. The van der Waals surface area contributed by atoms with E-state index in [1.54, 1.807) is 12.1 Å². The maximum atomic E-state index is 13.1. The van der Waals surface area contributed by atoms with Crippen molar-refractivity contribution in [3.63, 3.8) is 0 Å². The Kier molecular flexibility index (Phi) is 3.37. The summed E-state index contributed by atoms with van der Waals surface area (Å²) in [6.45, 7) is 1.98. The molecule has 1 atom stereocenters. The molecule has 0 radical (unpaired) electrons.